The summed E-state index contributed by atoms with van der Waals surface area (Å²) in [5.74, 6) is -0.105. The Morgan fingerprint density at radius 1 is 1.19 bits per heavy atom. The lowest BCUT2D eigenvalue weighted by molar-refractivity contribution is 0.0635. The van der Waals surface area contributed by atoms with Crippen LogP contribution in [0.3, 0.4) is 0 Å². The number of hydrogen-bond donors (Lipinski definition) is 1. The number of carbonyl (C=O) groups excluding carboxylic acids is 1. The van der Waals surface area contributed by atoms with Crippen molar-refractivity contribution < 1.29 is 9.90 Å². The molecule has 3 rings (SSSR count). The van der Waals surface area contributed by atoms with Crippen molar-refractivity contribution in [1.82, 2.24) is 4.90 Å². The highest BCUT2D eigenvalue weighted by molar-refractivity contribution is 5.94. The molecule has 1 saturated carbocycles. The average Bonchev–Trinajstić information content (AvgIpc) is 3.47. The summed E-state index contributed by atoms with van der Waals surface area (Å²) < 4.78 is 0. The van der Waals surface area contributed by atoms with E-state index in [1.54, 1.807) is 17.0 Å². The number of carbonyl (C=O) groups is 1. The summed E-state index contributed by atoms with van der Waals surface area (Å²) in [5.41, 5.74) is 3.17. The summed E-state index contributed by atoms with van der Waals surface area (Å²) in [6.07, 6.45) is 1.06. The lowest BCUT2D eigenvalue weighted by Crippen LogP contribution is -2.34. The first-order valence-corrected chi connectivity index (χ1v) is 9.05. The van der Waals surface area contributed by atoms with Crippen molar-refractivity contribution in [3.05, 3.63) is 70.8 Å². The predicted molar refractivity (Wildman–Crippen MR) is 101 cm³/mol. The lowest BCUT2D eigenvalue weighted by atomic mass is 9.96. The third-order valence-electron chi connectivity index (χ3n) is 5.17. The first-order valence-electron chi connectivity index (χ1n) is 9.05. The maximum atomic E-state index is 12.8. The Kier molecular flexibility index (Phi) is 5.11. The Bertz CT molecular complexity index is 815. The molecule has 1 fully saturated rings. The summed E-state index contributed by atoms with van der Waals surface area (Å²) in [5, 5.41) is 19.8. The Balaban J connectivity index is 1.70. The molecule has 2 aromatic rings. The van der Waals surface area contributed by atoms with Crippen LogP contribution >= 0.6 is 0 Å². The first-order chi connectivity index (χ1) is 12.5. The molecule has 26 heavy (non-hydrogen) atoms. The highest BCUT2D eigenvalue weighted by Gasteiger charge is 2.44. The van der Waals surface area contributed by atoms with Crippen LogP contribution in [0.15, 0.2) is 48.5 Å². The molecule has 1 aliphatic rings. The second-order valence-electron chi connectivity index (χ2n) is 7.04. The largest absolute Gasteiger partial charge is 0.387 e. The average molecular weight is 348 g/mol. The number of benzene rings is 2. The number of amides is 1. The van der Waals surface area contributed by atoms with Crippen molar-refractivity contribution in [3.63, 3.8) is 0 Å². The fraction of sp³-hybridized carbons (Fsp3) is 0.364. The molecule has 1 amide bonds. The fourth-order valence-corrected chi connectivity index (χ4v) is 3.16. The Morgan fingerprint density at radius 3 is 2.31 bits per heavy atom. The molecule has 1 unspecified atom stereocenters. The van der Waals surface area contributed by atoms with Gasteiger partial charge in [-0.15, -0.1) is 0 Å². The van der Waals surface area contributed by atoms with E-state index in [2.05, 4.69) is 6.07 Å². The number of aliphatic hydroxyl groups is 1. The molecule has 0 aliphatic heterocycles. The van der Waals surface area contributed by atoms with Crippen LogP contribution < -0.4 is 0 Å². The van der Waals surface area contributed by atoms with E-state index in [4.69, 9.17) is 0 Å². The third kappa shape index (κ3) is 3.63. The minimum Gasteiger partial charge on any atom is -0.387 e. The Hall–Kier alpha value is -2.64. The number of aryl methyl sites for hydroxylation is 1. The van der Waals surface area contributed by atoms with Gasteiger partial charge in [-0.25, -0.2) is 0 Å². The van der Waals surface area contributed by atoms with E-state index in [1.165, 1.54) is 0 Å². The molecule has 0 radical (unpaired) electrons. The van der Waals surface area contributed by atoms with Gasteiger partial charge in [0.25, 0.3) is 5.91 Å². The quantitative estimate of drug-likeness (QED) is 0.865. The molecule has 1 atom stereocenters. The van der Waals surface area contributed by atoms with Gasteiger partial charge >= 0.3 is 0 Å². The molecule has 1 N–H and O–H groups in total. The van der Waals surface area contributed by atoms with Gasteiger partial charge < -0.3 is 10.0 Å². The Labute approximate surface area is 154 Å². The number of likely N-dealkylation sites (N-methyl/N-ethyl adjacent to an activating group) is 1. The Morgan fingerprint density at radius 2 is 1.81 bits per heavy atom. The molecule has 4 heteroatoms. The van der Waals surface area contributed by atoms with Gasteiger partial charge in [-0.2, -0.15) is 5.26 Å². The van der Waals surface area contributed by atoms with Crippen LogP contribution in [0, 0.1) is 18.3 Å². The highest BCUT2D eigenvalue weighted by Crippen LogP contribution is 2.47. The number of nitrogens with zero attached hydrogens (tertiary/aromatic N) is 2. The molecular weight excluding hydrogens is 324 g/mol. The summed E-state index contributed by atoms with van der Waals surface area (Å²) in [6, 6.07) is 17.4. The van der Waals surface area contributed by atoms with Crippen LogP contribution in [-0.4, -0.2) is 29.0 Å². The molecule has 0 saturated heterocycles. The number of aliphatic hydroxyl groups excluding tert-OH is 1. The summed E-state index contributed by atoms with van der Waals surface area (Å²) >= 11 is 0. The van der Waals surface area contributed by atoms with Gasteiger partial charge in [0.05, 0.1) is 24.1 Å². The maximum Gasteiger partial charge on any atom is 0.253 e. The van der Waals surface area contributed by atoms with Crippen molar-refractivity contribution in [2.45, 2.75) is 38.2 Å². The molecule has 0 spiro atoms. The third-order valence-corrected chi connectivity index (χ3v) is 5.17. The molecule has 1 aliphatic carbocycles. The van der Waals surface area contributed by atoms with Crippen LogP contribution in [-0.2, 0) is 5.41 Å². The zero-order valence-electron chi connectivity index (χ0n) is 15.3. The molecular formula is C22H24N2O2. The summed E-state index contributed by atoms with van der Waals surface area (Å²) in [7, 11) is 0. The van der Waals surface area contributed by atoms with Gasteiger partial charge in [-0.05, 0) is 49.9 Å². The van der Waals surface area contributed by atoms with Gasteiger partial charge in [0.2, 0.25) is 0 Å². The van der Waals surface area contributed by atoms with Crippen LogP contribution in [0.2, 0.25) is 0 Å². The zero-order valence-corrected chi connectivity index (χ0v) is 15.3. The van der Waals surface area contributed by atoms with Crippen LogP contribution in [0.5, 0.6) is 0 Å². The molecule has 0 bridgehead atoms. The topological polar surface area (TPSA) is 64.3 Å². The van der Waals surface area contributed by atoms with E-state index < -0.39 is 6.10 Å². The monoisotopic (exact) mass is 348 g/mol. The van der Waals surface area contributed by atoms with E-state index in [0.29, 0.717) is 12.1 Å². The van der Waals surface area contributed by atoms with Crippen molar-refractivity contribution in [1.29, 1.82) is 5.26 Å². The number of rotatable bonds is 6. The minimum atomic E-state index is -0.716. The number of hydrogen-bond acceptors (Lipinski definition) is 3. The second-order valence-corrected chi connectivity index (χ2v) is 7.04. The SMILES string of the molecule is CCN(CC(O)c1ccc(C)cc1)C(=O)c1ccc(C2(C#N)CC2)cc1. The van der Waals surface area contributed by atoms with E-state index in [9.17, 15) is 15.2 Å². The smallest absolute Gasteiger partial charge is 0.253 e. The van der Waals surface area contributed by atoms with E-state index in [1.807, 2.05) is 50.2 Å². The minimum absolute atomic E-state index is 0.105. The van der Waals surface area contributed by atoms with Crippen molar-refractivity contribution >= 4 is 5.91 Å². The second kappa shape index (κ2) is 7.31. The molecule has 0 heterocycles. The van der Waals surface area contributed by atoms with E-state index in [-0.39, 0.29) is 17.9 Å². The van der Waals surface area contributed by atoms with E-state index >= 15 is 0 Å². The van der Waals surface area contributed by atoms with Crippen LogP contribution in [0.4, 0.5) is 0 Å². The lowest BCUT2D eigenvalue weighted by Gasteiger charge is -2.24. The van der Waals surface area contributed by atoms with Crippen LogP contribution in [0.25, 0.3) is 0 Å². The molecule has 2 aromatic carbocycles. The number of nitriles is 1. The van der Waals surface area contributed by atoms with Crippen LogP contribution in [0.1, 0.15) is 52.9 Å². The van der Waals surface area contributed by atoms with Gasteiger partial charge in [0, 0.05) is 12.1 Å². The zero-order chi connectivity index (χ0) is 18.7. The van der Waals surface area contributed by atoms with Gasteiger partial charge in [0.15, 0.2) is 0 Å². The standard InChI is InChI=1S/C22H24N2O2/c1-3-24(14-20(25)17-6-4-16(2)5-7-17)21(26)18-8-10-19(11-9-18)22(15-23)12-13-22/h4-11,20,25H,3,12-14H2,1-2H3. The van der Waals surface area contributed by atoms with Gasteiger partial charge in [-0.3, -0.25) is 4.79 Å². The summed E-state index contributed by atoms with van der Waals surface area (Å²) in [6.45, 7) is 4.68. The highest BCUT2D eigenvalue weighted by atomic mass is 16.3. The van der Waals surface area contributed by atoms with E-state index in [0.717, 1.165) is 29.5 Å². The van der Waals surface area contributed by atoms with Gasteiger partial charge in [0.1, 0.15) is 0 Å². The van der Waals surface area contributed by atoms with Crippen molar-refractivity contribution in [2.24, 2.45) is 0 Å². The molecule has 0 aromatic heterocycles. The predicted octanol–water partition coefficient (Wildman–Crippen LogP) is 3.75. The maximum absolute atomic E-state index is 12.8. The molecule has 134 valence electrons. The fourth-order valence-electron chi connectivity index (χ4n) is 3.16. The first kappa shape index (κ1) is 18.2. The van der Waals surface area contributed by atoms with Crippen molar-refractivity contribution in [2.75, 3.05) is 13.1 Å². The normalized spacial score (nSPS) is 15.8. The molecule has 4 nitrogen and oxygen atoms in total. The van der Waals surface area contributed by atoms with Crippen molar-refractivity contribution in [3.8, 4) is 6.07 Å². The van der Waals surface area contributed by atoms with Gasteiger partial charge in [-0.1, -0.05) is 42.0 Å². The summed E-state index contributed by atoms with van der Waals surface area (Å²) in [4.78, 5) is 14.4.